The van der Waals surface area contributed by atoms with Crippen LogP contribution in [0.25, 0.3) is 11.5 Å². The zero-order chi connectivity index (χ0) is 28.4. The van der Waals surface area contributed by atoms with Crippen molar-refractivity contribution in [1.29, 1.82) is 0 Å². The number of hydrogen-bond donors (Lipinski definition) is 0. The van der Waals surface area contributed by atoms with Crippen molar-refractivity contribution in [2.75, 3.05) is 0 Å². The van der Waals surface area contributed by atoms with Gasteiger partial charge in [-0.15, -0.1) is 11.1 Å². The monoisotopic (exact) mass is 538 g/mol. The van der Waals surface area contributed by atoms with E-state index in [1.807, 2.05) is 83.1 Å². The van der Waals surface area contributed by atoms with Crippen molar-refractivity contribution in [3.63, 3.8) is 0 Å². The van der Waals surface area contributed by atoms with Gasteiger partial charge in [0.05, 0.1) is 0 Å². The van der Waals surface area contributed by atoms with Crippen LogP contribution in [0.1, 0.15) is 125 Å². The zero-order valence-electron chi connectivity index (χ0n) is 25.1. The van der Waals surface area contributed by atoms with Gasteiger partial charge in [-0.25, -0.2) is 0 Å². The largest absolute Gasteiger partial charge is 0.338 e. The second-order valence-electron chi connectivity index (χ2n) is 14.1. The fraction of sp³-hybridized carbons (Fsp3) is 0.923. The maximum absolute atomic E-state index is 6.94. The summed E-state index contributed by atoms with van der Waals surface area (Å²) >= 11 is 5.99. The van der Waals surface area contributed by atoms with Crippen LogP contribution in [0.5, 0.6) is 0 Å². The van der Waals surface area contributed by atoms with Crippen LogP contribution in [0, 0.1) is 24.7 Å². The predicted octanol–water partition coefficient (Wildman–Crippen LogP) is 10.4. The molecule has 0 aromatic heterocycles. The summed E-state index contributed by atoms with van der Waals surface area (Å²) in [5, 5.41) is 0. The van der Waals surface area contributed by atoms with Gasteiger partial charge in [-0.2, -0.15) is 10.8 Å². The van der Waals surface area contributed by atoms with E-state index in [9.17, 15) is 0 Å². The molecule has 0 saturated carbocycles. The van der Waals surface area contributed by atoms with Gasteiger partial charge < -0.3 is 25.3 Å². The van der Waals surface area contributed by atoms with Gasteiger partial charge in [-0.1, -0.05) is 83.1 Å². The molecule has 4 nitrogen and oxygen atoms in total. The number of nitrogens with zero attached hydrogens (tertiary/aromatic N) is 2. The molecule has 0 aliphatic rings. The van der Waals surface area contributed by atoms with Gasteiger partial charge in [0.2, 0.25) is 0 Å². The number of rotatable bonds is 0. The maximum atomic E-state index is 6.94. The summed E-state index contributed by atoms with van der Waals surface area (Å²) in [6, 6.07) is 0. The third kappa shape index (κ3) is 621. The van der Waals surface area contributed by atoms with E-state index in [-0.39, 0.29) is 33.0 Å². The van der Waals surface area contributed by atoms with Crippen molar-refractivity contribution in [2.45, 2.75) is 147 Å². The summed E-state index contributed by atoms with van der Waals surface area (Å²) in [6.45, 7) is 43.3. The molecule has 0 radical (unpaired) electrons. The summed E-state index contributed by atoms with van der Waals surface area (Å²) in [4.78, 5) is 0. The van der Waals surface area contributed by atoms with Gasteiger partial charge in [-0.3, -0.25) is 0 Å². The van der Waals surface area contributed by atoms with E-state index in [2.05, 4.69) is 95.0 Å². The van der Waals surface area contributed by atoms with E-state index >= 15 is 0 Å². The minimum absolute atomic E-state index is 0.0833. The Balaban J connectivity index is -0.0000000635. The smallest absolute Gasteiger partial charge is 0.0878 e. The summed E-state index contributed by atoms with van der Waals surface area (Å²) in [5.74, 6) is 0. The van der Waals surface area contributed by atoms with E-state index < -0.39 is 0 Å². The van der Waals surface area contributed by atoms with Crippen LogP contribution >= 0.6 is 0 Å². The van der Waals surface area contributed by atoms with E-state index in [0.717, 1.165) is 0 Å². The molecule has 32 heavy (non-hydrogen) atoms. The SMILES string of the molecule is CC(C)(C)[NH-].CC(C)(C)[NH-].CC(C)(C)[N]=[Mn].CC(C)(C)[N]=[Mn].[CH2-]C(C)(C)C.[CH2-]C(C)(C)C. The van der Waals surface area contributed by atoms with Crippen LogP contribution in [0.2, 0.25) is 0 Å². The fourth-order valence-electron chi connectivity index (χ4n) is 0. The molecular weight excluding hydrogens is 478 g/mol. The Hall–Kier alpha value is 0.559. The van der Waals surface area contributed by atoms with Crippen LogP contribution in [0.4, 0.5) is 0 Å². The summed E-state index contributed by atoms with van der Waals surface area (Å²) in [7, 11) is 0. The molecule has 0 unspecified atom stereocenters. The first kappa shape index (κ1) is 46.0. The Labute approximate surface area is 221 Å². The molecule has 0 saturated heterocycles. The Morgan fingerprint density at radius 3 is 0.469 bits per heavy atom. The molecule has 2 N–H and O–H groups in total. The molecule has 0 amide bonds. The van der Waals surface area contributed by atoms with Crippen molar-refractivity contribution in [1.82, 2.24) is 0 Å². The molecule has 0 bridgehead atoms. The van der Waals surface area contributed by atoms with Gasteiger partial charge in [-0.05, 0) is 0 Å². The van der Waals surface area contributed by atoms with E-state index in [1.54, 1.807) is 0 Å². The van der Waals surface area contributed by atoms with Crippen molar-refractivity contribution >= 4 is 0 Å². The van der Waals surface area contributed by atoms with Crippen LogP contribution in [-0.2, 0) is 31.6 Å². The van der Waals surface area contributed by atoms with Crippen molar-refractivity contribution in [3.8, 4) is 0 Å². The molecule has 0 aromatic carbocycles. The molecule has 0 aliphatic heterocycles. The Kier molecular flexibility index (Phi) is 28.5. The average Bonchev–Trinajstić information content (AvgIpc) is 2.29. The van der Waals surface area contributed by atoms with Crippen LogP contribution in [0.15, 0.2) is 7.92 Å². The third-order valence-corrected chi connectivity index (χ3v) is 2.09. The molecule has 0 aliphatic carbocycles. The summed E-state index contributed by atoms with van der Waals surface area (Å²) in [5.41, 5.74) is 14.0. The van der Waals surface area contributed by atoms with E-state index in [1.165, 1.54) is 0 Å². The molecule has 202 valence electrons. The fourth-order valence-corrected chi connectivity index (χ4v) is 0. The Morgan fingerprint density at radius 2 is 0.469 bits per heavy atom. The molecule has 0 heterocycles. The molecule has 0 fully saturated rings. The predicted molar refractivity (Wildman–Crippen MR) is 142 cm³/mol. The first-order valence-electron chi connectivity index (χ1n) is 11.0. The minimum Gasteiger partial charge on any atom is -0.338 e. The minimum atomic E-state index is -0.250. The maximum Gasteiger partial charge on any atom is -0.0878 e. The van der Waals surface area contributed by atoms with Gasteiger partial charge in [0.15, 0.2) is 0 Å². The summed E-state index contributed by atoms with van der Waals surface area (Å²) < 4.78 is 7.67. The first-order chi connectivity index (χ1) is 13.1. The first-order valence-corrected chi connectivity index (χ1v) is 12.0. The molecule has 6 heteroatoms. The van der Waals surface area contributed by atoms with Crippen LogP contribution < -0.4 is 0 Å². The second-order valence-corrected chi connectivity index (χ2v) is 14.7. The zero-order valence-corrected chi connectivity index (χ0v) is 27.4. The molecular formula is C26H60Mn2N4-4. The van der Waals surface area contributed by atoms with Gasteiger partial charge in [0.1, 0.15) is 0 Å². The molecule has 0 spiro atoms. The Bertz CT molecular complexity index is 330. The standard InChI is InChI=1S/2C5H11.2C4H10N.2C4H9N.2Mn/c2*1-5(2,3)4;4*1-4(2,3)5;;/h2*1H2,2-4H3;2*5H,1-3H3;2*1-3H3;;/q4*-1;;;;. The van der Waals surface area contributed by atoms with Crippen molar-refractivity contribution in [2.24, 2.45) is 18.8 Å². The van der Waals surface area contributed by atoms with Gasteiger partial charge in [0.25, 0.3) is 0 Å². The summed E-state index contributed by atoms with van der Waals surface area (Å²) in [6.07, 6.45) is 0. The third-order valence-electron chi connectivity index (χ3n) is 0.507. The molecule has 0 aromatic rings. The second kappa shape index (κ2) is 19.8. The van der Waals surface area contributed by atoms with Crippen molar-refractivity contribution in [3.05, 3.63) is 25.3 Å². The molecule has 0 atom stereocenters. The van der Waals surface area contributed by atoms with Gasteiger partial charge >= 0.3 is 92.2 Å². The average molecular weight is 539 g/mol. The Morgan fingerprint density at radius 1 is 0.438 bits per heavy atom. The topological polar surface area (TPSA) is 72.3 Å². The van der Waals surface area contributed by atoms with E-state index in [0.29, 0.717) is 0 Å². The number of nitrogens with one attached hydrogen (secondary N) is 2. The van der Waals surface area contributed by atoms with E-state index in [4.69, 9.17) is 11.5 Å². The number of hydrogen-bond acceptors (Lipinski definition) is 2. The van der Waals surface area contributed by atoms with Crippen LogP contribution in [0.3, 0.4) is 0 Å². The quantitative estimate of drug-likeness (QED) is 0.217. The van der Waals surface area contributed by atoms with Crippen LogP contribution in [-0.4, -0.2) is 22.2 Å². The van der Waals surface area contributed by atoms with Gasteiger partial charge in [0, 0.05) is 0 Å². The normalized spacial score (nSPS) is 11.7. The van der Waals surface area contributed by atoms with Crippen molar-refractivity contribution < 1.29 is 31.6 Å². The molecule has 0 rings (SSSR count).